The number of furan rings is 1. The predicted molar refractivity (Wildman–Crippen MR) is 117 cm³/mol. The lowest BCUT2D eigenvalue weighted by atomic mass is 10.2. The monoisotopic (exact) mass is 441 g/mol. The second-order valence-corrected chi connectivity index (χ2v) is 8.98. The van der Waals surface area contributed by atoms with Crippen molar-refractivity contribution >= 4 is 52.3 Å². The fourth-order valence-corrected chi connectivity index (χ4v) is 4.58. The van der Waals surface area contributed by atoms with Gasteiger partial charge in [-0.15, -0.1) is 0 Å². The van der Waals surface area contributed by atoms with Crippen LogP contribution in [0.3, 0.4) is 0 Å². The lowest BCUT2D eigenvalue weighted by Crippen LogP contribution is -2.27. The van der Waals surface area contributed by atoms with Gasteiger partial charge in [0.25, 0.3) is 11.1 Å². The van der Waals surface area contributed by atoms with Gasteiger partial charge in [0.2, 0.25) is 0 Å². The number of imide groups is 1. The van der Waals surface area contributed by atoms with Crippen LogP contribution in [0.25, 0.3) is 6.08 Å². The summed E-state index contributed by atoms with van der Waals surface area (Å²) in [5, 5.41) is 0.986. The van der Waals surface area contributed by atoms with Crippen molar-refractivity contribution in [1.82, 2.24) is 4.90 Å². The zero-order valence-corrected chi connectivity index (χ0v) is 17.8. The summed E-state index contributed by atoms with van der Waals surface area (Å²) < 4.78 is 5.81. The molecule has 0 aliphatic carbocycles. The van der Waals surface area contributed by atoms with Gasteiger partial charge in [0.15, 0.2) is 5.09 Å². The van der Waals surface area contributed by atoms with E-state index in [2.05, 4.69) is 0 Å². The molecule has 7 heteroatoms. The molecule has 1 fully saturated rings. The minimum absolute atomic E-state index is 0.190. The average Bonchev–Trinajstić information content (AvgIpc) is 3.23. The lowest BCUT2D eigenvalue weighted by molar-refractivity contribution is -0.123. The Bertz CT molecular complexity index is 1110. The van der Waals surface area contributed by atoms with Gasteiger partial charge in [0, 0.05) is 16.0 Å². The Morgan fingerprint density at radius 1 is 1.10 bits per heavy atom. The van der Waals surface area contributed by atoms with Gasteiger partial charge in [0.05, 0.1) is 11.4 Å². The molecule has 4 rings (SSSR count). The third-order valence-corrected chi connectivity index (χ3v) is 6.29. The number of hydrogen-bond donors (Lipinski definition) is 0. The molecule has 0 radical (unpaired) electrons. The van der Waals surface area contributed by atoms with E-state index in [0.29, 0.717) is 15.7 Å². The predicted octanol–water partition coefficient (Wildman–Crippen LogP) is 6.63. The molecule has 0 bridgehead atoms. The maximum Gasteiger partial charge on any atom is 0.293 e. The van der Waals surface area contributed by atoms with Crippen molar-refractivity contribution in [3.63, 3.8) is 0 Å². The maximum atomic E-state index is 12.7. The molecule has 2 amide bonds. The van der Waals surface area contributed by atoms with Gasteiger partial charge < -0.3 is 4.42 Å². The van der Waals surface area contributed by atoms with Crippen LogP contribution in [0.4, 0.5) is 4.79 Å². The van der Waals surface area contributed by atoms with Crippen LogP contribution < -0.4 is 0 Å². The molecular formula is C22H16ClNO3S2. The maximum absolute atomic E-state index is 12.7. The summed E-state index contributed by atoms with van der Waals surface area (Å²) >= 11 is 8.40. The normalized spacial score (nSPS) is 15.5. The first kappa shape index (κ1) is 19.9. The molecule has 1 aromatic heterocycles. The van der Waals surface area contributed by atoms with Gasteiger partial charge in [-0.1, -0.05) is 53.2 Å². The van der Waals surface area contributed by atoms with Crippen molar-refractivity contribution in [2.45, 2.75) is 23.5 Å². The van der Waals surface area contributed by atoms with E-state index in [1.807, 2.05) is 43.3 Å². The Morgan fingerprint density at radius 2 is 1.90 bits per heavy atom. The summed E-state index contributed by atoms with van der Waals surface area (Å²) in [7, 11) is 0. The number of amides is 2. The summed E-state index contributed by atoms with van der Waals surface area (Å²) in [4.78, 5) is 27.6. The van der Waals surface area contributed by atoms with Gasteiger partial charge in [-0.2, -0.15) is 0 Å². The van der Waals surface area contributed by atoms with Crippen molar-refractivity contribution in [2.75, 3.05) is 0 Å². The molecule has 0 saturated carbocycles. The molecular weight excluding hydrogens is 426 g/mol. The van der Waals surface area contributed by atoms with E-state index in [-0.39, 0.29) is 17.7 Å². The summed E-state index contributed by atoms with van der Waals surface area (Å²) in [6.45, 7) is 2.23. The largest absolute Gasteiger partial charge is 0.450 e. The zero-order valence-electron chi connectivity index (χ0n) is 15.4. The highest BCUT2D eigenvalue weighted by Gasteiger charge is 2.35. The number of rotatable bonds is 5. The molecule has 0 spiro atoms. The van der Waals surface area contributed by atoms with Crippen LogP contribution in [0.15, 0.2) is 80.0 Å². The smallest absolute Gasteiger partial charge is 0.293 e. The topological polar surface area (TPSA) is 50.5 Å². The van der Waals surface area contributed by atoms with Crippen molar-refractivity contribution in [1.29, 1.82) is 0 Å². The van der Waals surface area contributed by atoms with Crippen molar-refractivity contribution in [3.05, 3.63) is 87.5 Å². The third kappa shape index (κ3) is 4.78. The second-order valence-electron chi connectivity index (χ2n) is 6.47. The Hall–Kier alpha value is -2.41. The van der Waals surface area contributed by atoms with Crippen LogP contribution in [0, 0.1) is 6.92 Å². The van der Waals surface area contributed by atoms with Crippen LogP contribution in [-0.2, 0) is 11.3 Å². The van der Waals surface area contributed by atoms with Crippen LogP contribution in [0.1, 0.15) is 16.9 Å². The zero-order chi connectivity index (χ0) is 20.4. The molecule has 0 atom stereocenters. The number of thioether (sulfide) groups is 1. The first-order valence-corrected chi connectivity index (χ1v) is 10.8. The number of hydrogen-bond acceptors (Lipinski definition) is 5. The Balaban J connectivity index is 1.47. The fraction of sp³-hybridized carbons (Fsp3) is 0.0909. The SMILES string of the molecule is Cc1ccc(Sc2ccc(/C=C3\SC(=O)N(Cc4cccc(Cl)c4)C3=O)o2)cc1. The lowest BCUT2D eigenvalue weighted by Gasteiger charge is -2.12. The standard InChI is InChI=1S/C22H16ClNO3S2/c1-14-5-8-18(9-6-14)28-20-10-7-17(27-20)12-19-21(25)24(22(26)29-19)13-15-3-2-4-16(23)11-15/h2-12H,13H2,1H3/b19-12-. The molecule has 2 heterocycles. The Kier molecular flexibility index (Phi) is 5.85. The molecule has 146 valence electrons. The van der Waals surface area contributed by atoms with Crippen molar-refractivity contribution in [2.24, 2.45) is 0 Å². The minimum atomic E-state index is -0.330. The van der Waals surface area contributed by atoms with E-state index < -0.39 is 0 Å². The summed E-state index contributed by atoms with van der Waals surface area (Å²) in [5.41, 5.74) is 2.00. The minimum Gasteiger partial charge on any atom is -0.450 e. The first-order chi connectivity index (χ1) is 14.0. The molecule has 1 saturated heterocycles. The summed E-state index contributed by atoms with van der Waals surface area (Å²) in [6, 6.07) is 18.9. The Labute approximate surface area is 181 Å². The molecule has 4 nitrogen and oxygen atoms in total. The molecule has 2 aromatic carbocycles. The summed E-state index contributed by atoms with van der Waals surface area (Å²) in [5.74, 6) is 0.206. The molecule has 3 aromatic rings. The number of benzene rings is 2. The van der Waals surface area contributed by atoms with Gasteiger partial charge in [-0.05, 0) is 60.6 Å². The average molecular weight is 442 g/mol. The molecule has 0 unspecified atom stereocenters. The summed E-state index contributed by atoms with van der Waals surface area (Å²) in [6.07, 6.45) is 1.61. The van der Waals surface area contributed by atoms with E-state index in [4.69, 9.17) is 16.0 Å². The highest BCUT2D eigenvalue weighted by atomic mass is 35.5. The van der Waals surface area contributed by atoms with Crippen molar-refractivity contribution < 1.29 is 14.0 Å². The molecule has 29 heavy (non-hydrogen) atoms. The van der Waals surface area contributed by atoms with E-state index >= 15 is 0 Å². The number of carbonyl (C=O) groups excluding carboxylic acids is 2. The first-order valence-electron chi connectivity index (χ1n) is 8.82. The number of aryl methyl sites for hydroxylation is 1. The number of halogens is 1. The van der Waals surface area contributed by atoms with Crippen LogP contribution >= 0.6 is 35.1 Å². The van der Waals surface area contributed by atoms with E-state index in [0.717, 1.165) is 27.3 Å². The number of carbonyl (C=O) groups is 2. The number of nitrogens with zero attached hydrogens (tertiary/aromatic N) is 1. The molecule has 1 aliphatic rings. The highest BCUT2D eigenvalue weighted by Crippen LogP contribution is 2.35. The highest BCUT2D eigenvalue weighted by molar-refractivity contribution is 8.18. The fourth-order valence-electron chi connectivity index (χ4n) is 2.77. The quantitative estimate of drug-likeness (QED) is 0.416. The van der Waals surface area contributed by atoms with Crippen molar-refractivity contribution in [3.8, 4) is 0 Å². The van der Waals surface area contributed by atoms with Gasteiger partial charge >= 0.3 is 0 Å². The van der Waals surface area contributed by atoms with Gasteiger partial charge in [-0.3, -0.25) is 14.5 Å². The van der Waals surface area contributed by atoms with E-state index in [9.17, 15) is 9.59 Å². The van der Waals surface area contributed by atoms with Crippen LogP contribution in [0.2, 0.25) is 5.02 Å². The van der Waals surface area contributed by atoms with Gasteiger partial charge in [-0.25, -0.2) is 0 Å². The molecule has 0 N–H and O–H groups in total. The van der Waals surface area contributed by atoms with Crippen LogP contribution in [-0.4, -0.2) is 16.0 Å². The second kappa shape index (κ2) is 8.53. The van der Waals surface area contributed by atoms with Crippen LogP contribution in [0.5, 0.6) is 0 Å². The van der Waals surface area contributed by atoms with E-state index in [1.165, 1.54) is 22.2 Å². The molecule has 1 aliphatic heterocycles. The third-order valence-electron chi connectivity index (χ3n) is 4.22. The Morgan fingerprint density at radius 3 is 2.66 bits per heavy atom. The van der Waals surface area contributed by atoms with Gasteiger partial charge in [0.1, 0.15) is 5.76 Å². The van der Waals surface area contributed by atoms with E-state index in [1.54, 1.807) is 30.3 Å².